The molecule has 0 N–H and O–H groups in total. The first-order valence-electron chi connectivity index (χ1n) is 3.80. The van der Waals surface area contributed by atoms with E-state index in [1.54, 1.807) is 7.11 Å². The minimum absolute atomic E-state index is 0.384. The highest BCUT2D eigenvalue weighted by Crippen LogP contribution is 1.80. The normalized spacial score (nSPS) is 8.73. The topological polar surface area (TPSA) is 9.23 Å². The Balaban J connectivity index is 0.000000187. The second kappa shape index (κ2) is 7.29. The van der Waals surface area contributed by atoms with Crippen LogP contribution in [0, 0.1) is 0 Å². The van der Waals surface area contributed by atoms with Gasteiger partial charge in [-0.15, -0.1) is 0 Å². The van der Waals surface area contributed by atoms with Crippen molar-refractivity contribution in [3.05, 3.63) is 36.4 Å². The number of rotatable bonds is 1. The van der Waals surface area contributed by atoms with Gasteiger partial charge in [0, 0.05) is 7.11 Å². The van der Waals surface area contributed by atoms with Crippen LogP contribution in [0.15, 0.2) is 36.4 Å². The highest BCUT2D eigenvalue weighted by molar-refractivity contribution is 4.99. The van der Waals surface area contributed by atoms with Crippen molar-refractivity contribution in [1.82, 2.24) is 0 Å². The molecular weight excluding hydrogens is 136 g/mol. The van der Waals surface area contributed by atoms with Gasteiger partial charge < -0.3 is 4.74 Å². The Kier molecular flexibility index (Phi) is 6.75. The lowest BCUT2D eigenvalue weighted by molar-refractivity contribution is 0.134. The minimum atomic E-state index is 0.384. The molecule has 11 heavy (non-hydrogen) atoms. The van der Waals surface area contributed by atoms with Crippen LogP contribution in [0.5, 0.6) is 0 Å². The molecule has 0 bridgehead atoms. The third-order valence-corrected chi connectivity index (χ3v) is 1.14. The van der Waals surface area contributed by atoms with E-state index in [0.717, 1.165) is 0 Å². The maximum absolute atomic E-state index is 4.75. The molecule has 0 spiro atoms. The average Bonchev–Trinajstić information content (AvgIpc) is 2.09. The van der Waals surface area contributed by atoms with Gasteiger partial charge >= 0.3 is 0 Å². The second-order valence-electron chi connectivity index (χ2n) is 2.44. The van der Waals surface area contributed by atoms with Crippen molar-refractivity contribution in [2.45, 2.75) is 20.0 Å². The van der Waals surface area contributed by atoms with Crippen LogP contribution in [0.25, 0.3) is 0 Å². The zero-order valence-electron chi connectivity index (χ0n) is 7.45. The molecule has 0 atom stereocenters. The summed E-state index contributed by atoms with van der Waals surface area (Å²) in [5.74, 6) is 0. The van der Waals surface area contributed by atoms with E-state index < -0.39 is 0 Å². The Morgan fingerprint density at radius 2 is 1.00 bits per heavy atom. The van der Waals surface area contributed by atoms with Crippen molar-refractivity contribution >= 4 is 0 Å². The highest BCUT2D eigenvalue weighted by Gasteiger charge is 1.78. The smallest absolute Gasteiger partial charge is 0.0515 e. The summed E-state index contributed by atoms with van der Waals surface area (Å²) in [5.41, 5.74) is 0. The average molecular weight is 152 g/mol. The molecule has 1 aromatic carbocycles. The van der Waals surface area contributed by atoms with Crippen molar-refractivity contribution < 1.29 is 4.74 Å². The zero-order chi connectivity index (χ0) is 8.53. The number of benzene rings is 1. The molecule has 0 aromatic heterocycles. The first kappa shape index (κ1) is 10.2. The van der Waals surface area contributed by atoms with Gasteiger partial charge in [0.05, 0.1) is 6.10 Å². The van der Waals surface area contributed by atoms with Crippen molar-refractivity contribution in [1.29, 1.82) is 0 Å². The largest absolute Gasteiger partial charge is 0.382 e. The molecule has 0 aliphatic carbocycles. The Labute approximate surface area is 69.0 Å². The number of hydrogen-bond acceptors (Lipinski definition) is 1. The Morgan fingerprint density at radius 3 is 1.09 bits per heavy atom. The van der Waals surface area contributed by atoms with Gasteiger partial charge in [0.15, 0.2) is 0 Å². The summed E-state index contributed by atoms with van der Waals surface area (Å²) in [6, 6.07) is 12.0. The fourth-order valence-electron chi connectivity index (χ4n) is 0.385. The van der Waals surface area contributed by atoms with Crippen LogP contribution in [0.2, 0.25) is 0 Å². The fraction of sp³-hybridized carbons (Fsp3) is 0.400. The molecule has 0 unspecified atom stereocenters. The van der Waals surface area contributed by atoms with E-state index in [2.05, 4.69) is 0 Å². The van der Waals surface area contributed by atoms with E-state index in [1.807, 2.05) is 50.2 Å². The maximum atomic E-state index is 4.75. The minimum Gasteiger partial charge on any atom is -0.382 e. The maximum Gasteiger partial charge on any atom is 0.0515 e. The van der Waals surface area contributed by atoms with Gasteiger partial charge in [-0.2, -0.15) is 0 Å². The summed E-state index contributed by atoms with van der Waals surface area (Å²) in [5, 5.41) is 0. The van der Waals surface area contributed by atoms with Gasteiger partial charge in [-0.05, 0) is 13.8 Å². The predicted octanol–water partition coefficient (Wildman–Crippen LogP) is 2.73. The van der Waals surface area contributed by atoms with Gasteiger partial charge in [0.2, 0.25) is 0 Å². The molecular formula is C10H16O. The van der Waals surface area contributed by atoms with Gasteiger partial charge in [-0.3, -0.25) is 0 Å². The number of ether oxygens (including phenoxy) is 1. The van der Waals surface area contributed by atoms with Crippen LogP contribution in [0.3, 0.4) is 0 Å². The van der Waals surface area contributed by atoms with Gasteiger partial charge in [0.1, 0.15) is 0 Å². The van der Waals surface area contributed by atoms with E-state index in [0.29, 0.717) is 6.10 Å². The molecule has 0 saturated carbocycles. The molecule has 1 rings (SSSR count). The second-order valence-corrected chi connectivity index (χ2v) is 2.44. The predicted molar refractivity (Wildman–Crippen MR) is 48.6 cm³/mol. The summed E-state index contributed by atoms with van der Waals surface area (Å²) in [6.07, 6.45) is 0.384. The molecule has 0 amide bonds. The van der Waals surface area contributed by atoms with Crippen LogP contribution in [0.1, 0.15) is 13.8 Å². The van der Waals surface area contributed by atoms with E-state index in [-0.39, 0.29) is 0 Å². The standard InChI is InChI=1S/C6H6.C4H10O/c1-2-4-6-5-3-1;1-4(2)5-3/h1-6H;4H,1-3H3. The monoisotopic (exact) mass is 152 g/mol. The zero-order valence-corrected chi connectivity index (χ0v) is 7.45. The SMILES string of the molecule is COC(C)C.c1ccccc1. The van der Waals surface area contributed by atoms with Crippen molar-refractivity contribution in [3.8, 4) is 0 Å². The Hall–Kier alpha value is -0.820. The van der Waals surface area contributed by atoms with Crippen molar-refractivity contribution in [3.63, 3.8) is 0 Å². The molecule has 0 fully saturated rings. The molecule has 1 aromatic rings. The van der Waals surface area contributed by atoms with Gasteiger partial charge in [-0.25, -0.2) is 0 Å². The quantitative estimate of drug-likeness (QED) is 0.601. The lowest BCUT2D eigenvalue weighted by Crippen LogP contribution is -1.94. The summed E-state index contributed by atoms with van der Waals surface area (Å²) in [4.78, 5) is 0. The van der Waals surface area contributed by atoms with Gasteiger partial charge in [0.25, 0.3) is 0 Å². The van der Waals surface area contributed by atoms with E-state index >= 15 is 0 Å². The van der Waals surface area contributed by atoms with Crippen molar-refractivity contribution in [2.75, 3.05) is 7.11 Å². The van der Waals surface area contributed by atoms with E-state index in [9.17, 15) is 0 Å². The molecule has 0 radical (unpaired) electrons. The molecule has 0 heterocycles. The first-order valence-corrected chi connectivity index (χ1v) is 3.80. The van der Waals surface area contributed by atoms with Gasteiger partial charge in [-0.1, -0.05) is 36.4 Å². The summed E-state index contributed by atoms with van der Waals surface area (Å²) < 4.78 is 4.75. The van der Waals surface area contributed by atoms with Crippen LogP contribution >= 0.6 is 0 Å². The fourth-order valence-corrected chi connectivity index (χ4v) is 0.385. The molecule has 0 saturated heterocycles. The number of methoxy groups -OCH3 is 1. The molecule has 0 aliphatic rings. The third kappa shape index (κ3) is 9.18. The van der Waals surface area contributed by atoms with Crippen LogP contribution in [-0.4, -0.2) is 13.2 Å². The lowest BCUT2D eigenvalue weighted by atomic mass is 10.4. The summed E-state index contributed by atoms with van der Waals surface area (Å²) >= 11 is 0. The number of hydrogen-bond donors (Lipinski definition) is 0. The Bertz CT molecular complexity index is 120. The Morgan fingerprint density at radius 1 is 0.818 bits per heavy atom. The molecule has 1 nitrogen and oxygen atoms in total. The third-order valence-electron chi connectivity index (χ3n) is 1.14. The summed E-state index contributed by atoms with van der Waals surface area (Å²) in [6.45, 7) is 4.00. The van der Waals surface area contributed by atoms with Crippen LogP contribution in [-0.2, 0) is 4.74 Å². The molecule has 62 valence electrons. The van der Waals surface area contributed by atoms with E-state index in [4.69, 9.17) is 4.74 Å². The highest BCUT2D eigenvalue weighted by atomic mass is 16.5. The first-order chi connectivity index (χ1) is 5.27. The summed E-state index contributed by atoms with van der Waals surface area (Å²) in [7, 11) is 1.70. The molecule has 0 aliphatic heterocycles. The van der Waals surface area contributed by atoms with Crippen LogP contribution in [0.4, 0.5) is 0 Å². The van der Waals surface area contributed by atoms with Crippen LogP contribution < -0.4 is 0 Å². The van der Waals surface area contributed by atoms with E-state index in [1.165, 1.54) is 0 Å². The lowest BCUT2D eigenvalue weighted by Gasteiger charge is -1.94. The van der Waals surface area contributed by atoms with Crippen molar-refractivity contribution in [2.24, 2.45) is 0 Å². The molecule has 1 heteroatoms.